The maximum absolute atomic E-state index is 6.05. The Hall–Kier alpha value is -2.24. The fraction of sp³-hybridized carbons (Fsp3) is 0.579. The maximum Gasteiger partial charge on any atom is 0.220 e. The highest BCUT2D eigenvalue weighted by molar-refractivity contribution is 6.05. The number of ether oxygens (including phenoxy) is 1. The van der Waals surface area contributed by atoms with Gasteiger partial charge in [-0.2, -0.15) is 4.99 Å². The van der Waals surface area contributed by atoms with Crippen molar-refractivity contribution in [3.63, 3.8) is 0 Å². The summed E-state index contributed by atoms with van der Waals surface area (Å²) in [7, 11) is 0. The summed E-state index contributed by atoms with van der Waals surface area (Å²) in [4.78, 5) is 10.3. The number of unbranched alkanes of at least 4 members (excludes halogenated alkanes) is 5. The summed E-state index contributed by atoms with van der Waals surface area (Å²) in [6, 6.07) is 7.85. The van der Waals surface area contributed by atoms with Crippen LogP contribution in [0.3, 0.4) is 0 Å². The number of rotatable bonds is 9. The zero-order valence-corrected chi connectivity index (χ0v) is 15.7. The molecule has 1 aromatic rings. The third kappa shape index (κ3) is 5.37. The van der Waals surface area contributed by atoms with E-state index < -0.39 is 5.66 Å². The molecule has 138 valence electrons. The minimum absolute atomic E-state index is 0.206. The molecule has 1 aliphatic heterocycles. The van der Waals surface area contributed by atoms with Gasteiger partial charge < -0.3 is 16.2 Å². The lowest BCUT2D eigenvalue weighted by Crippen LogP contribution is -2.54. The molecule has 0 fully saturated rings. The van der Waals surface area contributed by atoms with Crippen LogP contribution in [-0.4, -0.2) is 24.2 Å². The molecule has 0 radical (unpaired) electrons. The first-order valence-electron chi connectivity index (χ1n) is 9.16. The van der Waals surface area contributed by atoms with E-state index in [1.807, 2.05) is 43.0 Å². The van der Waals surface area contributed by atoms with Gasteiger partial charge in [0.2, 0.25) is 11.9 Å². The van der Waals surface area contributed by atoms with Crippen LogP contribution in [0.15, 0.2) is 34.3 Å². The molecule has 2 rings (SSSR count). The van der Waals surface area contributed by atoms with Crippen LogP contribution in [0.1, 0.15) is 59.3 Å². The van der Waals surface area contributed by atoms with Gasteiger partial charge in [0.05, 0.1) is 6.61 Å². The molecular formula is C19H31N5O. The Bertz CT molecular complexity index is 607. The third-order valence-electron chi connectivity index (χ3n) is 4.26. The fourth-order valence-electron chi connectivity index (χ4n) is 3.02. The number of aliphatic imine (C=N–C) groups is 2. The molecule has 1 aromatic carbocycles. The standard InChI is InChI=1S/C19H31N5O/c1-4-5-6-7-8-9-14-25-16-12-10-15(11-13-16)24-18(21)22-17(20)23-19(24,2)3/h10-13H,4-9,14H2,1-3H3,(H4,20,21,22,23). The highest BCUT2D eigenvalue weighted by Gasteiger charge is 2.32. The van der Waals surface area contributed by atoms with Crippen molar-refractivity contribution in [1.82, 2.24) is 0 Å². The molecule has 0 unspecified atom stereocenters. The number of anilines is 1. The fourth-order valence-corrected chi connectivity index (χ4v) is 3.02. The van der Waals surface area contributed by atoms with Gasteiger partial charge in [0, 0.05) is 5.69 Å². The molecule has 0 aliphatic carbocycles. The van der Waals surface area contributed by atoms with Gasteiger partial charge in [-0.15, -0.1) is 0 Å². The van der Waals surface area contributed by atoms with Crippen molar-refractivity contribution in [3.8, 4) is 5.75 Å². The van der Waals surface area contributed by atoms with E-state index in [1.165, 1.54) is 32.1 Å². The van der Waals surface area contributed by atoms with Crippen molar-refractivity contribution in [2.45, 2.75) is 65.0 Å². The van der Waals surface area contributed by atoms with Crippen molar-refractivity contribution in [3.05, 3.63) is 24.3 Å². The van der Waals surface area contributed by atoms with Crippen molar-refractivity contribution in [2.75, 3.05) is 11.5 Å². The first-order valence-corrected chi connectivity index (χ1v) is 9.16. The van der Waals surface area contributed by atoms with E-state index >= 15 is 0 Å². The quantitative estimate of drug-likeness (QED) is 0.669. The molecule has 6 heteroatoms. The summed E-state index contributed by atoms with van der Waals surface area (Å²) < 4.78 is 5.82. The Balaban J connectivity index is 1.87. The van der Waals surface area contributed by atoms with Crippen LogP contribution >= 0.6 is 0 Å². The molecule has 1 heterocycles. The molecular weight excluding hydrogens is 314 g/mol. The minimum Gasteiger partial charge on any atom is -0.494 e. The summed E-state index contributed by atoms with van der Waals surface area (Å²) >= 11 is 0. The molecule has 1 aliphatic rings. The average Bonchev–Trinajstić information content (AvgIpc) is 2.53. The van der Waals surface area contributed by atoms with Gasteiger partial charge in [-0.25, -0.2) is 4.99 Å². The summed E-state index contributed by atoms with van der Waals surface area (Å²) in [5.74, 6) is 1.42. The lowest BCUT2D eigenvalue weighted by Gasteiger charge is -2.38. The Morgan fingerprint density at radius 3 is 2.28 bits per heavy atom. The van der Waals surface area contributed by atoms with E-state index in [2.05, 4.69) is 16.9 Å². The lowest BCUT2D eigenvalue weighted by atomic mass is 10.1. The molecule has 0 aromatic heterocycles. The van der Waals surface area contributed by atoms with Crippen molar-refractivity contribution >= 4 is 17.6 Å². The number of hydrogen-bond acceptors (Lipinski definition) is 6. The topological polar surface area (TPSA) is 89.2 Å². The van der Waals surface area contributed by atoms with Crippen molar-refractivity contribution < 1.29 is 4.74 Å². The minimum atomic E-state index is -0.573. The zero-order valence-electron chi connectivity index (χ0n) is 15.7. The first-order chi connectivity index (χ1) is 11.9. The Morgan fingerprint density at radius 1 is 1.00 bits per heavy atom. The van der Waals surface area contributed by atoms with Crippen LogP contribution in [0.2, 0.25) is 0 Å². The number of guanidine groups is 2. The van der Waals surface area contributed by atoms with Gasteiger partial charge in [-0.05, 0) is 44.5 Å². The lowest BCUT2D eigenvalue weighted by molar-refractivity contribution is 0.304. The van der Waals surface area contributed by atoms with Crippen molar-refractivity contribution in [2.24, 2.45) is 21.5 Å². The van der Waals surface area contributed by atoms with Gasteiger partial charge in [0.15, 0.2) is 0 Å². The monoisotopic (exact) mass is 345 g/mol. The van der Waals surface area contributed by atoms with Gasteiger partial charge in [0.25, 0.3) is 0 Å². The predicted molar refractivity (Wildman–Crippen MR) is 105 cm³/mol. The van der Waals surface area contributed by atoms with Crippen LogP contribution in [0, 0.1) is 0 Å². The molecule has 4 N–H and O–H groups in total. The van der Waals surface area contributed by atoms with Gasteiger partial charge in [0.1, 0.15) is 11.4 Å². The third-order valence-corrected chi connectivity index (χ3v) is 4.26. The highest BCUT2D eigenvalue weighted by atomic mass is 16.5. The van der Waals surface area contributed by atoms with Crippen LogP contribution in [0.4, 0.5) is 5.69 Å². The highest BCUT2D eigenvalue weighted by Crippen LogP contribution is 2.28. The second-order valence-corrected chi connectivity index (χ2v) is 6.88. The Labute approximate surface area is 151 Å². The Kier molecular flexibility index (Phi) is 6.67. The molecule has 0 bridgehead atoms. The van der Waals surface area contributed by atoms with Crippen LogP contribution in [0.25, 0.3) is 0 Å². The maximum atomic E-state index is 6.05. The van der Waals surface area contributed by atoms with E-state index in [9.17, 15) is 0 Å². The SMILES string of the molecule is CCCCCCCCOc1ccc(N2C(N)=NC(N)=NC2(C)C)cc1. The Morgan fingerprint density at radius 2 is 1.64 bits per heavy atom. The molecule has 25 heavy (non-hydrogen) atoms. The van der Waals surface area contributed by atoms with E-state index in [0.717, 1.165) is 24.5 Å². The molecule has 0 spiro atoms. The molecule has 0 saturated carbocycles. The van der Waals surface area contributed by atoms with E-state index in [4.69, 9.17) is 16.2 Å². The van der Waals surface area contributed by atoms with Crippen LogP contribution in [0.5, 0.6) is 5.75 Å². The second-order valence-electron chi connectivity index (χ2n) is 6.88. The van der Waals surface area contributed by atoms with Crippen LogP contribution in [-0.2, 0) is 0 Å². The summed E-state index contributed by atoms with van der Waals surface area (Å²) in [6.45, 7) is 6.89. The summed E-state index contributed by atoms with van der Waals surface area (Å²) in [6.07, 6.45) is 7.56. The largest absolute Gasteiger partial charge is 0.494 e. The zero-order chi connectivity index (χ0) is 18.3. The van der Waals surface area contributed by atoms with Gasteiger partial charge in [-0.1, -0.05) is 39.0 Å². The number of benzene rings is 1. The second kappa shape index (κ2) is 8.74. The van der Waals surface area contributed by atoms with Gasteiger partial charge in [-0.3, -0.25) is 4.90 Å². The normalized spacial score (nSPS) is 16.4. The molecule has 6 nitrogen and oxygen atoms in total. The number of nitrogens with zero attached hydrogens (tertiary/aromatic N) is 3. The summed E-state index contributed by atoms with van der Waals surface area (Å²) in [5, 5.41) is 0. The van der Waals surface area contributed by atoms with Crippen molar-refractivity contribution in [1.29, 1.82) is 0 Å². The summed E-state index contributed by atoms with van der Waals surface area (Å²) in [5.41, 5.74) is 12.1. The van der Waals surface area contributed by atoms with Crippen LogP contribution < -0.4 is 21.1 Å². The average molecular weight is 345 g/mol. The molecule has 0 amide bonds. The van der Waals surface area contributed by atoms with E-state index in [1.54, 1.807) is 0 Å². The van der Waals surface area contributed by atoms with Gasteiger partial charge >= 0.3 is 0 Å². The number of hydrogen-bond donors (Lipinski definition) is 2. The van der Waals surface area contributed by atoms with E-state index in [-0.39, 0.29) is 5.96 Å². The first kappa shape index (κ1) is 19.1. The smallest absolute Gasteiger partial charge is 0.220 e. The predicted octanol–water partition coefficient (Wildman–Crippen LogP) is 3.61. The van der Waals surface area contributed by atoms with E-state index in [0.29, 0.717) is 5.96 Å². The molecule has 0 atom stereocenters. The molecule has 0 saturated heterocycles. The number of nitrogens with two attached hydrogens (primary N) is 2.